The first-order valence-electron chi connectivity index (χ1n) is 6.69. The molecule has 0 atom stereocenters. The van der Waals surface area contributed by atoms with Gasteiger partial charge in [-0.05, 0) is 18.2 Å². The predicted molar refractivity (Wildman–Crippen MR) is 82.4 cm³/mol. The Bertz CT molecular complexity index is 1170. The molecule has 23 heavy (non-hydrogen) atoms. The number of carboxylic acids is 1. The third-order valence-corrected chi connectivity index (χ3v) is 5.78. The van der Waals surface area contributed by atoms with Gasteiger partial charge in [0.15, 0.2) is 5.43 Å². The summed E-state index contributed by atoms with van der Waals surface area (Å²) in [6, 6.07) is 10.2. The fourth-order valence-electron chi connectivity index (χ4n) is 2.96. The van der Waals surface area contributed by atoms with Gasteiger partial charge in [0.2, 0.25) is 9.84 Å². The van der Waals surface area contributed by atoms with Gasteiger partial charge in [-0.15, -0.1) is 0 Å². The highest BCUT2D eigenvalue weighted by atomic mass is 32.2. The van der Waals surface area contributed by atoms with Gasteiger partial charge < -0.3 is 10.1 Å². The molecule has 0 bridgehead atoms. The van der Waals surface area contributed by atoms with Crippen molar-refractivity contribution in [3.8, 4) is 11.1 Å². The number of H-pyrrole nitrogens is 1. The van der Waals surface area contributed by atoms with Gasteiger partial charge in [0, 0.05) is 17.2 Å². The van der Waals surface area contributed by atoms with Crippen LogP contribution in [0.1, 0.15) is 10.5 Å². The molecule has 0 saturated heterocycles. The van der Waals surface area contributed by atoms with Crippen LogP contribution in [0.5, 0.6) is 0 Å². The third kappa shape index (κ3) is 1.71. The van der Waals surface area contributed by atoms with E-state index in [1.807, 2.05) is 0 Å². The standard InChI is InChI=1S/C16H9NO5S/c18-11-7-10(16(19)20)17-9-5-6-13-14(15(9)11)8-3-1-2-4-12(8)23(13,21)22/h1-7H,(H,17,18)(H,19,20). The number of carbonyl (C=O) groups is 1. The molecule has 4 rings (SSSR count). The summed E-state index contributed by atoms with van der Waals surface area (Å²) in [5.41, 5.74) is 0.315. The van der Waals surface area contributed by atoms with Gasteiger partial charge in [-0.25, -0.2) is 13.2 Å². The van der Waals surface area contributed by atoms with Crippen LogP contribution in [0.4, 0.5) is 0 Å². The van der Waals surface area contributed by atoms with Crippen LogP contribution in [0, 0.1) is 0 Å². The average molecular weight is 327 g/mol. The maximum atomic E-state index is 12.6. The van der Waals surface area contributed by atoms with Crippen LogP contribution in [-0.2, 0) is 9.84 Å². The first-order valence-corrected chi connectivity index (χ1v) is 8.17. The SMILES string of the molecule is O=C(O)c1cc(=O)c2c3c(ccc2[nH]1)S(=O)(=O)c1ccccc1-3. The molecule has 2 heterocycles. The van der Waals surface area contributed by atoms with E-state index in [0.717, 1.165) is 6.07 Å². The highest BCUT2D eigenvalue weighted by molar-refractivity contribution is 7.92. The summed E-state index contributed by atoms with van der Waals surface area (Å²) in [5, 5.41) is 9.22. The van der Waals surface area contributed by atoms with Gasteiger partial charge in [0.1, 0.15) is 5.69 Å². The maximum Gasteiger partial charge on any atom is 0.352 e. The minimum absolute atomic E-state index is 0.0692. The summed E-state index contributed by atoms with van der Waals surface area (Å²) in [4.78, 5) is 26.4. The Kier molecular flexibility index (Phi) is 2.56. The Balaban J connectivity index is 2.24. The molecule has 0 aliphatic carbocycles. The van der Waals surface area contributed by atoms with Crippen molar-refractivity contribution in [2.75, 3.05) is 0 Å². The number of hydrogen-bond acceptors (Lipinski definition) is 4. The first kappa shape index (κ1) is 13.7. The fraction of sp³-hybridized carbons (Fsp3) is 0. The molecule has 1 aliphatic rings. The van der Waals surface area contributed by atoms with E-state index in [0.29, 0.717) is 16.6 Å². The molecule has 3 aromatic rings. The number of aromatic amines is 1. The van der Waals surface area contributed by atoms with E-state index in [-0.39, 0.29) is 20.9 Å². The second-order valence-corrected chi connectivity index (χ2v) is 7.10. The Morgan fingerprint density at radius 3 is 2.52 bits per heavy atom. The fourth-order valence-corrected chi connectivity index (χ4v) is 4.64. The van der Waals surface area contributed by atoms with Crippen LogP contribution in [0.3, 0.4) is 0 Å². The number of aromatic nitrogens is 1. The van der Waals surface area contributed by atoms with Crippen LogP contribution in [-0.4, -0.2) is 24.5 Å². The predicted octanol–water partition coefficient (Wildman–Crippen LogP) is 2.04. The first-order chi connectivity index (χ1) is 10.9. The molecule has 0 unspecified atom stereocenters. The molecular weight excluding hydrogens is 318 g/mol. The lowest BCUT2D eigenvalue weighted by Crippen LogP contribution is -2.10. The van der Waals surface area contributed by atoms with Crippen LogP contribution >= 0.6 is 0 Å². The quantitative estimate of drug-likeness (QED) is 0.557. The minimum Gasteiger partial charge on any atom is -0.477 e. The Morgan fingerprint density at radius 1 is 1.04 bits per heavy atom. The molecule has 0 saturated carbocycles. The van der Waals surface area contributed by atoms with E-state index < -0.39 is 21.2 Å². The van der Waals surface area contributed by atoms with Gasteiger partial charge in [-0.2, -0.15) is 0 Å². The number of hydrogen-bond donors (Lipinski definition) is 2. The van der Waals surface area contributed by atoms with E-state index >= 15 is 0 Å². The number of benzene rings is 2. The largest absolute Gasteiger partial charge is 0.477 e. The van der Waals surface area contributed by atoms with E-state index in [2.05, 4.69) is 4.98 Å². The summed E-state index contributed by atoms with van der Waals surface area (Å²) in [5.74, 6) is -1.25. The monoisotopic (exact) mass is 327 g/mol. The van der Waals surface area contributed by atoms with Crippen LogP contribution in [0.25, 0.3) is 22.0 Å². The van der Waals surface area contributed by atoms with Gasteiger partial charge >= 0.3 is 5.97 Å². The van der Waals surface area contributed by atoms with Crippen molar-refractivity contribution in [2.24, 2.45) is 0 Å². The van der Waals surface area contributed by atoms with Gasteiger partial charge in [0.25, 0.3) is 0 Å². The lowest BCUT2D eigenvalue weighted by Gasteiger charge is -2.06. The number of fused-ring (bicyclic) bond motifs is 5. The van der Waals surface area contributed by atoms with Crippen molar-refractivity contribution in [3.63, 3.8) is 0 Å². The molecular formula is C16H9NO5S. The lowest BCUT2D eigenvalue weighted by atomic mass is 10.00. The second kappa shape index (κ2) is 4.30. The molecule has 0 amide bonds. The summed E-state index contributed by atoms with van der Waals surface area (Å²) < 4.78 is 25.2. The van der Waals surface area contributed by atoms with Crippen molar-refractivity contribution in [2.45, 2.75) is 9.79 Å². The maximum absolute atomic E-state index is 12.6. The molecule has 6 nitrogen and oxygen atoms in total. The summed E-state index contributed by atoms with van der Waals surface area (Å²) in [6.45, 7) is 0. The third-order valence-electron chi connectivity index (χ3n) is 3.92. The Morgan fingerprint density at radius 2 is 1.78 bits per heavy atom. The van der Waals surface area contributed by atoms with E-state index in [9.17, 15) is 18.0 Å². The molecule has 2 N–H and O–H groups in total. The highest BCUT2D eigenvalue weighted by Gasteiger charge is 2.34. The van der Waals surface area contributed by atoms with Gasteiger partial charge in [0.05, 0.1) is 20.7 Å². The van der Waals surface area contributed by atoms with Crippen molar-refractivity contribution >= 4 is 26.7 Å². The van der Waals surface area contributed by atoms with Crippen LogP contribution in [0.15, 0.2) is 57.1 Å². The van der Waals surface area contributed by atoms with Gasteiger partial charge in [-0.1, -0.05) is 18.2 Å². The number of aromatic carboxylic acids is 1. The van der Waals surface area contributed by atoms with Crippen molar-refractivity contribution < 1.29 is 18.3 Å². The molecule has 0 spiro atoms. The molecule has 7 heteroatoms. The number of pyridine rings is 1. The van der Waals surface area contributed by atoms with Crippen molar-refractivity contribution in [3.05, 3.63) is 58.4 Å². The number of nitrogens with one attached hydrogen (secondary N) is 1. The lowest BCUT2D eigenvalue weighted by molar-refractivity contribution is 0.0691. The Hall–Kier alpha value is -2.93. The summed E-state index contributed by atoms with van der Waals surface area (Å²) in [7, 11) is -3.67. The summed E-state index contributed by atoms with van der Waals surface area (Å²) in [6.07, 6.45) is 0. The Labute approximate surface area is 129 Å². The smallest absolute Gasteiger partial charge is 0.352 e. The zero-order valence-electron chi connectivity index (χ0n) is 11.5. The summed E-state index contributed by atoms with van der Waals surface area (Å²) >= 11 is 0. The highest BCUT2D eigenvalue weighted by Crippen LogP contribution is 2.45. The number of sulfone groups is 1. The zero-order valence-corrected chi connectivity index (χ0v) is 12.3. The molecule has 114 valence electrons. The van der Waals surface area contributed by atoms with E-state index in [1.165, 1.54) is 18.2 Å². The normalized spacial score (nSPS) is 14.4. The average Bonchev–Trinajstić information content (AvgIpc) is 2.75. The minimum atomic E-state index is -3.67. The molecule has 0 fully saturated rings. The number of rotatable bonds is 1. The van der Waals surface area contributed by atoms with Crippen molar-refractivity contribution in [1.82, 2.24) is 4.98 Å². The van der Waals surface area contributed by atoms with Crippen molar-refractivity contribution in [1.29, 1.82) is 0 Å². The number of carboxylic acid groups (broad SMARTS) is 1. The van der Waals surface area contributed by atoms with E-state index in [1.54, 1.807) is 18.2 Å². The zero-order chi connectivity index (χ0) is 16.4. The van der Waals surface area contributed by atoms with Gasteiger partial charge in [-0.3, -0.25) is 4.79 Å². The molecule has 1 aromatic heterocycles. The van der Waals surface area contributed by atoms with E-state index in [4.69, 9.17) is 5.11 Å². The van der Waals surface area contributed by atoms with Crippen LogP contribution in [0.2, 0.25) is 0 Å². The molecule has 1 aliphatic heterocycles. The topological polar surface area (TPSA) is 104 Å². The second-order valence-electron chi connectivity index (χ2n) is 5.21. The molecule has 2 aromatic carbocycles. The van der Waals surface area contributed by atoms with Crippen LogP contribution < -0.4 is 5.43 Å². The molecule has 0 radical (unpaired) electrons.